The number of ketones is 2. The Hall–Kier alpha value is -0.700. The van der Waals surface area contributed by atoms with Crippen LogP contribution in [0, 0.1) is 0 Å². The lowest BCUT2D eigenvalue weighted by molar-refractivity contribution is -0.141. The zero-order chi connectivity index (χ0) is 8.85. The van der Waals surface area contributed by atoms with Crippen molar-refractivity contribution in [3.63, 3.8) is 0 Å². The molecule has 0 aliphatic rings. The predicted octanol–water partition coefficient (Wildman–Crippen LogP) is 0.696. The fraction of sp³-hybridized carbons (Fsp3) is 0.750. The van der Waals surface area contributed by atoms with Crippen LogP contribution in [-0.2, 0) is 9.59 Å². The first-order chi connectivity index (χ1) is 5.13. The van der Waals surface area contributed by atoms with E-state index >= 15 is 0 Å². The number of hydrogen-bond donors (Lipinski definition) is 1. The highest BCUT2D eigenvalue weighted by atomic mass is 16.3. The lowest BCUT2D eigenvalue weighted by atomic mass is 10.1. The van der Waals surface area contributed by atoms with Crippen molar-refractivity contribution < 1.29 is 14.7 Å². The van der Waals surface area contributed by atoms with E-state index in [9.17, 15) is 9.59 Å². The molecule has 0 saturated heterocycles. The number of carbonyl (C=O) groups is 2. The van der Waals surface area contributed by atoms with Crippen molar-refractivity contribution in [2.24, 2.45) is 0 Å². The first-order valence-electron chi connectivity index (χ1n) is 3.88. The van der Waals surface area contributed by atoms with E-state index < -0.39 is 17.7 Å². The van der Waals surface area contributed by atoms with Crippen LogP contribution in [0.1, 0.15) is 33.1 Å². The first kappa shape index (κ1) is 10.3. The van der Waals surface area contributed by atoms with E-state index in [1.54, 1.807) is 6.92 Å². The molecule has 1 atom stereocenters. The standard InChI is InChI=1S/C8H14O3/c1-3-5-7(10)8(11)6(9)4-2/h6,9H,3-5H2,1-2H3. The SMILES string of the molecule is CCCC(=O)C(=O)C(O)CC. The first-order valence-corrected chi connectivity index (χ1v) is 3.88. The van der Waals surface area contributed by atoms with E-state index in [4.69, 9.17) is 5.11 Å². The summed E-state index contributed by atoms with van der Waals surface area (Å²) in [5.41, 5.74) is 0. The molecule has 0 amide bonds. The molecule has 0 aromatic rings. The number of carbonyl (C=O) groups excluding carboxylic acids is 2. The van der Waals surface area contributed by atoms with Crippen LogP contribution < -0.4 is 0 Å². The Morgan fingerprint density at radius 2 is 1.91 bits per heavy atom. The summed E-state index contributed by atoms with van der Waals surface area (Å²) in [5, 5.41) is 8.95. The van der Waals surface area contributed by atoms with Gasteiger partial charge in [-0.1, -0.05) is 13.8 Å². The minimum atomic E-state index is -1.09. The van der Waals surface area contributed by atoms with Crippen molar-refractivity contribution in [3.05, 3.63) is 0 Å². The summed E-state index contributed by atoms with van der Waals surface area (Å²) in [7, 11) is 0. The second-order valence-electron chi connectivity index (χ2n) is 2.46. The van der Waals surface area contributed by atoms with Crippen LogP contribution in [0.5, 0.6) is 0 Å². The smallest absolute Gasteiger partial charge is 0.226 e. The van der Waals surface area contributed by atoms with Crippen molar-refractivity contribution >= 4 is 11.6 Å². The molecule has 1 N–H and O–H groups in total. The summed E-state index contributed by atoms with van der Waals surface area (Å²) in [6.07, 6.45) is 0.125. The highest BCUT2D eigenvalue weighted by molar-refractivity contribution is 6.38. The third kappa shape index (κ3) is 3.28. The van der Waals surface area contributed by atoms with Gasteiger partial charge in [0.05, 0.1) is 0 Å². The Kier molecular flexibility index (Phi) is 4.70. The molecule has 3 heteroatoms. The lowest BCUT2D eigenvalue weighted by Crippen LogP contribution is -2.27. The summed E-state index contributed by atoms with van der Waals surface area (Å²) in [4.78, 5) is 21.7. The normalized spacial score (nSPS) is 12.6. The summed E-state index contributed by atoms with van der Waals surface area (Å²) in [5.74, 6) is -1.10. The molecule has 0 aliphatic carbocycles. The molecule has 0 aliphatic heterocycles. The van der Waals surface area contributed by atoms with Gasteiger partial charge in [-0.25, -0.2) is 0 Å². The second-order valence-corrected chi connectivity index (χ2v) is 2.46. The third-order valence-electron chi connectivity index (χ3n) is 1.44. The number of aliphatic hydroxyl groups excluding tert-OH is 1. The molecule has 0 aromatic heterocycles. The van der Waals surface area contributed by atoms with Crippen LogP contribution in [0.15, 0.2) is 0 Å². The maximum Gasteiger partial charge on any atom is 0.226 e. The molecule has 64 valence electrons. The number of hydrogen-bond acceptors (Lipinski definition) is 3. The van der Waals surface area contributed by atoms with E-state index in [2.05, 4.69) is 0 Å². The van der Waals surface area contributed by atoms with Crippen molar-refractivity contribution in [1.82, 2.24) is 0 Å². The molecular formula is C8H14O3. The zero-order valence-corrected chi connectivity index (χ0v) is 6.96. The van der Waals surface area contributed by atoms with Crippen LogP contribution in [0.3, 0.4) is 0 Å². The highest BCUT2D eigenvalue weighted by Gasteiger charge is 2.19. The monoisotopic (exact) mass is 158 g/mol. The van der Waals surface area contributed by atoms with Gasteiger partial charge >= 0.3 is 0 Å². The Labute approximate surface area is 66.4 Å². The van der Waals surface area contributed by atoms with Gasteiger partial charge in [0.2, 0.25) is 11.6 Å². The van der Waals surface area contributed by atoms with E-state index in [0.29, 0.717) is 12.8 Å². The van der Waals surface area contributed by atoms with Gasteiger partial charge in [-0.05, 0) is 12.8 Å². The lowest BCUT2D eigenvalue weighted by Gasteiger charge is -2.03. The number of Topliss-reactive ketones (excluding diaryl/α,β-unsaturated/α-hetero) is 2. The Morgan fingerprint density at radius 1 is 1.36 bits per heavy atom. The Balaban J connectivity index is 3.92. The minimum Gasteiger partial charge on any atom is -0.385 e. The van der Waals surface area contributed by atoms with Crippen LogP contribution in [0.2, 0.25) is 0 Å². The predicted molar refractivity (Wildman–Crippen MR) is 41.2 cm³/mol. The van der Waals surface area contributed by atoms with Crippen LogP contribution in [0.25, 0.3) is 0 Å². The molecule has 0 aromatic carbocycles. The fourth-order valence-electron chi connectivity index (χ4n) is 0.721. The van der Waals surface area contributed by atoms with Gasteiger partial charge in [-0.3, -0.25) is 9.59 Å². The Bertz CT molecular complexity index is 151. The van der Waals surface area contributed by atoms with Crippen molar-refractivity contribution in [2.45, 2.75) is 39.2 Å². The summed E-state index contributed by atoms with van der Waals surface area (Å²) < 4.78 is 0. The average Bonchev–Trinajstić information content (AvgIpc) is 2.02. The van der Waals surface area contributed by atoms with Gasteiger partial charge in [-0.2, -0.15) is 0 Å². The fourth-order valence-corrected chi connectivity index (χ4v) is 0.721. The molecule has 0 spiro atoms. The quantitative estimate of drug-likeness (QED) is 0.599. The molecule has 0 fully saturated rings. The summed E-state index contributed by atoms with van der Waals surface area (Å²) in [6, 6.07) is 0. The molecule has 0 saturated carbocycles. The molecule has 0 radical (unpaired) electrons. The van der Waals surface area contributed by atoms with Gasteiger partial charge in [0.25, 0.3) is 0 Å². The number of rotatable bonds is 5. The van der Waals surface area contributed by atoms with Crippen molar-refractivity contribution in [1.29, 1.82) is 0 Å². The highest BCUT2D eigenvalue weighted by Crippen LogP contribution is 1.97. The van der Waals surface area contributed by atoms with Crippen molar-refractivity contribution in [2.75, 3.05) is 0 Å². The van der Waals surface area contributed by atoms with E-state index in [0.717, 1.165) is 0 Å². The van der Waals surface area contributed by atoms with Crippen LogP contribution in [-0.4, -0.2) is 22.8 Å². The van der Waals surface area contributed by atoms with E-state index in [-0.39, 0.29) is 6.42 Å². The second kappa shape index (κ2) is 5.02. The van der Waals surface area contributed by atoms with Crippen molar-refractivity contribution in [3.8, 4) is 0 Å². The molecule has 11 heavy (non-hydrogen) atoms. The van der Waals surface area contributed by atoms with E-state index in [1.165, 1.54) is 0 Å². The van der Waals surface area contributed by atoms with Gasteiger partial charge in [0.15, 0.2) is 0 Å². The largest absolute Gasteiger partial charge is 0.385 e. The molecule has 1 unspecified atom stereocenters. The Morgan fingerprint density at radius 3 is 2.27 bits per heavy atom. The zero-order valence-electron chi connectivity index (χ0n) is 6.96. The van der Waals surface area contributed by atoms with E-state index in [1.807, 2.05) is 6.92 Å². The number of aliphatic hydroxyl groups is 1. The molecule has 0 heterocycles. The molecule has 0 bridgehead atoms. The maximum absolute atomic E-state index is 10.9. The molecule has 3 nitrogen and oxygen atoms in total. The average molecular weight is 158 g/mol. The molecule has 0 rings (SSSR count). The minimum absolute atomic E-state index is 0.246. The third-order valence-corrected chi connectivity index (χ3v) is 1.44. The van der Waals surface area contributed by atoms with Gasteiger partial charge in [0, 0.05) is 6.42 Å². The van der Waals surface area contributed by atoms with Gasteiger partial charge in [0.1, 0.15) is 6.10 Å². The van der Waals surface area contributed by atoms with Crippen LogP contribution in [0.4, 0.5) is 0 Å². The topological polar surface area (TPSA) is 54.4 Å². The molecular weight excluding hydrogens is 144 g/mol. The van der Waals surface area contributed by atoms with Gasteiger partial charge in [-0.15, -0.1) is 0 Å². The van der Waals surface area contributed by atoms with Gasteiger partial charge < -0.3 is 5.11 Å². The summed E-state index contributed by atoms with van der Waals surface area (Å²) in [6.45, 7) is 3.49. The summed E-state index contributed by atoms with van der Waals surface area (Å²) >= 11 is 0. The maximum atomic E-state index is 10.9. The van der Waals surface area contributed by atoms with Crippen LogP contribution >= 0.6 is 0 Å².